The van der Waals surface area contributed by atoms with Gasteiger partial charge in [0.2, 0.25) is 0 Å². The first kappa shape index (κ1) is 16.1. The van der Waals surface area contributed by atoms with Crippen LogP contribution >= 0.6 is 0 Å². The molecule has 0 saturated carbocycles. The molecule has 2 amide bonds. The lowest BCUT2D eigenvalue weighted by atomic mass is 10.0. The van der Waals surface area contributed by atoms with Gasteiger partial charge in [-0.05, 0) is 51.4 Å². The molecule has 0 bridgehead atoms. The molecule has 0 aliphatic carbocycles. The number of nitrogens with one attached hydrogen (secondary N) is 2. The number of urea groups is 1. The first-order chi connectivity index (χ1) is 11.3. The number of benzene rings is 1. The molecule has 5 heteroatoms. The molecular formula is C18H27N3O2. The number of unbranched alkanes of at least 4 members (excludes halogenated alkanes) is 1. The molecule has 1 aromatic carbocycles. The fourth-order valence-electron chi connectivity index (χ4n) is 3.37. The Morgan fingerprint density at radius 2 is 2.04 bits per heavy atom. The van der Waals surface area contributed by atoms with Gasteiger partial charge in [0.25, 0.3) is 0 Å². The summed E-state index contributed by atoms with van der Waals surface area (Å²) >= 11 is 0. The molecule has 126 valence electrons. The quantitative estimate of drug-likeness (QED) is 0.793. The summed E-state index contributed by atoms with van der Waals surface area (Å²) in [6.07, 6.45) is 5.69. The van der Waals surface area contributed by atoms with Crippen molar-refractivity contribution in [3.63, 3.8) is 0 Å². The Morgan fingerprint density at radius 3 is 2.91 bits per heavy atom. The molecule has 1 unspecified atom stereocenters. The summed E-state index contributed by atoms with van der Waals surface area (Å²) in [6, 6.07) is 7.90. The molecule has 0 radical (unpaired) electrons. The molecular weight excluding hydrogens is 290 g/mol. The highest BCUT2D eigenvalue weighted by Crippen LogP contribution is 2.31. The van der Waals surface area contributed by atoms with E-state index in [1.54, 1.807) is 0 Å². The summed E-state index contributed by atoms with van der Waals surface area (Å²) < 4.78 is 5.62. The average Bonchev–Trinajstić information content (AvgIpc) is 3.08. The van der Waals surface area contributed by atoms with Crippen molar-refractivity contribution in [1.29, 1.82) is 0 Å². The number of carbonyl (C=O) groups is 1. The predicted octanol–water partition coefficient (Wildman–Crippen LogP) is 2.69. The Balaban J connectivity index is 1.35. The van der Waals surface area contributed by atoms with E-state index in [0.717, 1.165) is 43.7 Å². The number of likely N-dealkylation sites (tertiary alicyclic amines) is 1. The summed E-state index contributed by atoms with van der Waals surface area (Å²) in [4.78, 5) is 14.6. The van der Waals surface area contributed by atoms with E-state index in [1.165, 1.54) is 25.9 Å². The maximum Gasteiger partial charge on any atom is 0.315 e. The van der Waals surface area contributed by atoms with E-state index in [-0.39, 0.29) is 12.1 Å². The number of ether oxygens (including phenoxy) is 1. The van der Waals surface area contributed by atoms with Crippen LogP contribution in [0.25, 0.3) is 0 Å². The molecule has 2 aliphatic heterocycles. The SMILES string of the molecule is O=C(NCCCCN1CCCC1)NC1CCOc2ccccc21. The lowest BCUT2D eigenvalue weighted by Crippen LogP contribution is -2.40. The summed E-state index contributed by atoms with van der Waals surface area (Å²) in [6.45, 7) is 5.05. The number of amides is 2. The number of rotatable bonds is 6. The summed E-state index contributed by atoms with van der Waals surface area (Å²) in [5, 5.41) is 6.04. The molecule has 0 spiro atoms. The first-order valence-corrected chi connectivity index (χ1v) is 8.81. The van der Waals surface area contributed by atoms with Crippen molar-refractivity contribution in [2.75, 3.05) is 32.8 Å². The molecule has 1 saturated heterocycles. The van der Waals surface area contributed by atoms with Crippen LogP contribution in [0, 0.1) is 0 Å². The van der Waals surface area contributed by atoms with Crippen LogP contribution in [0.2, 0.25) is 0 Å². The lowest BCUT2D eigenvalue weighted by Gasteiger charge is -2.26. The number of nitrogens with zero attached hydrogens (tertiary/aromatic N) is 1. The summed E-state index contributed by atoms with van der Waals surface area (Å²) in [5.74, 6) is 0.884. The minimum Gasteiger partial charge on any atom is -0.493 e. The third kappa shape index (κ3) is 4.61. The number of fused-ring (bicyclic) bond motifs is 1. The van der Waals surface area contributed by atoms with E-state index in [2.05, 4.69) is 15.5 Å². The van der Waals surface area contributed by atoms with E-state index in [0.29, 0.717) is 6.61 Å². The van der Waals surface area contributed by atoms with E-state index >= 15 is 0 Å². The smallest absolute Gasteiger partial charge is 0.315 e. The Kier molecular flexibility index (Phi) is 5.75. The summed E-state index contributed by atoms with van der Waals surface area (Å²) in [7, 11) is 0. The zero-order chi connectivity index (χ0) is 15.9. The third-order valence-corrected chi connectivity index (χ3v) is 4.65. The van der Waals surface area contributed by atoms with Gasteiger partial charge in [-0.2, -0.15) is 0 Å². The molecule has 3 rings (SSSR count). The maximum atomic E-state index is 12.1. The van der Waals surface area contributed by atoms with Gasteiger partial charge in [0.15, 0.2) is 0 Å². The second-order valence-electron chi connectivity index (χ2n) is 6.38. The van der Waals surface area contributed by atoms with E-state index in [4.69, 9.17) is 4.74 Å². The maximum absolute atomic E-state index is 12.1. The normalized spacial score (nSPS) is 20.6. The molecule has 2 aliphatic rings. The minimum atomic E-state index is -0.0760. The van der Waals surface area contributed by atoms with Gasteiger partial charge in [0.1, 0.15) is 5.75 Å². The standard InChI is InChI=1S/C18H27N3O2/c22-18(19-10-3-4-11-21-12-5-6-13-21)20-16-9-14-23-17-8-2-1-7-15(16)17/h1-2,7-8,16H,3-6,9-14H2,(H2,19,20,22). The van der Waals surface area contributed by atoms with Crippen LogP contribution in [0.3, 0.4) is 0 Å². The molecule has 1 aromatic rings. The van der Waals surface area contributed by atoms with Crippen LogP contribution in [-0.2, 0) is 0 Å². The Hall–Kier alpha value is -1.75. The van der Waals surface area contributed by atoms with Crippen LogP contribution in [0.1, 0.15) is 43.7 Å². The second kappa shape index (κ2) is 8.20. The molecule has 0 aromatic heterocycles. The highest BCUT2D eigenvalue weighted by atomic mass is 16.5. The number of hydrogen-bond donors (Lipinski definition) is 2. The van der Waals surface area contributed by atoms with Gasteiger partial charge in [-0.1, -0.05) is 18.2 Å². The van der Waals surface area contributed by atoms with E-state index in [9.17, 15) is 4.79 Å². The van der Waals surface area contributed by atoms with Gasteiger partial charge >= 0.3 is 6.03 Å². The zero-order valence-corrected chi connectivity index (χ0v) is 13.7. The molecule has 5 nitrogen and oxygen atoms in total. The highest BCUT2D eigenvalue weighted by molar-refractivity contribution is 5.74. The van der Waals surface area contributed by atoms with Crippen LogP contribution in [-0.4, -0.2) is 43.7 Å². The largest absolute Gasteiger partial charge is 0.493 e. The van der Waals surface area contributed by atoms with Gasteiger partial charge in [0, 0.05) is 18.5 Å². The van der Waals surface area contributed by atoms with Gasteiger partial charge < -0.3 is 20.3 Å². The van der Waals surface area contributed by atoms with Crippen molar-refractivity contribution in [3.05, 3.63) is 29.8 Å². The van der Waals surface area contributed by atoms with Gasteiger partial charge in [-0.25, -0.2) is 4.79 Å². The van der Waals surface area contributed by atoms with Crippen molar-refractivity contribution < 1.29 is 9.53 Å². The van der Waals surface area contributed by atoms with Gasteiger partial charge in [-0.15, -0.1) is 0 Å². The van der Waals surface area contributed by atoms with Crippen LogP contribution in [0.4, 0.5) is 4.79 Å². The molecule has 23 heavy (non-hydrogen) atoms. The first-order valence-electron chi connectivity index (χ1n) is 8.81. The van der Waals surface area contributed by atoms with Gasteiger partial charge in [-0.3, -0.25) is 0 Å². The van der Waals surface area contributed by atoms with Crippen molar-refractivity contribution in [2.45, 2.75) is 38.1 Å². The predicted molar refractivity (Wildman–Crippen MR) is 90.7 cm³/mol. The number of para-hydroxylation sites is 1. The minimum absolute atomic E-state index is 0.0459. The number of carbonyl (C=O) groups excluding carboxylic acids is 1. The van der Waals surface area contributed by atoms with Crippen LogP contribution in [0.15, 0.2) is 24.3 Å². The van der Waals surface area contributed by atoms with Crippen molar-refractivity contribution in [2.24, 2.45) is 0 Å². The third-order valence-electron chi connectivity index (χ3n) is 4.65. The van der Waals surface area contributed by atoms with Crippen molar-refractivity contribution in [1.82, 2.24) is 15.5 Å². The Morgan fingerprint density at radius 1 is 1.22 bits per heavy atom. The fraction of sp³-hybridized carbons (Fsp3) is 0.611. The summed E-state index contributed by atoms with van der Waals surface area (Å²) in [5.41, 5.74) is 1.07. The van der Waals surface area contributed by atoms with E-state index < -0.39 is 0 Å². The number of hydrogen-bond acceptors (Lipinski definition) is 3. The fourth-order valence-corrected chi connectivity index (χ4v) is 3.37. The Bertz CT molecular complexity index is 515. The molecule has 2 heterocycles. The molecule has 2 N–H and O–H groups in total. The van der Waals surface area contributed by atoms with Crippen LogP contribution in [0.5, 0.6) is 5.75 Å². The second-order valence-corrected chi connectivity index (χ2v) is 6.38. The van der Waals surface area contributed by atoms with Crippen molar-refractivity contribution >= 4 is 6.03 Å². The molecule has 1 fully saturated rings. The zero-order valence-electron chi connectivity index (χ0n) is 13.7. The average molecular weight is 317 g/mol. The highest BCUT2D eigenvalue weighted by Gasteiger charge is 2.22. The van der Waals surface area contributed by atoms with Crippen LogP contribution < -0.4 is 15.4 Å². The van der Waals surface area contributed by atoms with Crippen molar-refractivity contribution in [3.8, 4) is 5.75 Å². The van der Waals surface area contributed by atoms with Gasteiger partial charge in [0.05, 0.1) is 12.6 Å². The van der Waals surface area contributed by atoms with E-state index in [1.807, 2.05) is 24.3 Å². The molecule has 1 atom stereocenters. The lowest BCUT2D eigenvalue weighted by molar-refractivity contribution is 0.223. The Labute approximate surface area is 138 Å². The topological polar surface area (TPSA) is 53.6 Å². The monoisotopic (exact) mass is 317 g/mol.